The smallest absolute Gasteiger partial charge is 0.115 e. The van der Waals surface area contributed by atoms with Gasteiger partial charge in [-0.25, -0.2) is 0 Å². The zero-order valence-electron chi connectivity index (χ0n) is 15.0. The molecule has 4 aromatic rings. The Kier molecular flexibility index (Phi) is 4.36. The van der Waals surface area contributed by atoms with E-state index in [1.165, 1.54) is 22.3 Å². The van der Waals surface area contributed by atoms with Crippen LogP contribution < -0.4 is 0 Å². The molecule has 4 rings (SSSR count). The van der Waals surface area contributed by atoms with E-state index in [-0.39, 0.29) is 6.04 Å². The van der Waals surface area contributed by atoms with Gasteiger partial charge in [0, 0.05) is 0 Å². The number of nitrogens with zero attached hydrogens (tertiary/aromatic N) is 3. The lowest BCUT2D eigenvalue weighted by Crippen LogP contribution is -2.12. The van der Waals surface area contributed by atoms with Crippen LogP contribution in [0.15, 0.2) is 78.9 Å². The summed E-state index contributed by atoms with van der Waals surface area (Å²) in [6.07, 6.45) is 4.35. The Labute approximate surface area is 153 Å². The van der Waals surface area contributed by atoms with Gasteiger partial charge in [0.2, 0.25) is 0 Å². The van der Waals surface area contributed by atoms with Gasteiger partial charge < -0.3 is 0 Å². The van der Waals surface area contributed by atoms with Crippen LogP contribution in [0.3, 0.4) is 0 Å². The molecule has 0 aliphatic heterocycles. The molecule has 1 aromatic heterocycles. The van der Waals surface area contributed by atoms with Crippen molar-refractivity contribution < 1.29 is 0 Å². The van der Waals surface area contributed by atoms with Gasteiger partial charge in [0.1, 0.15) is 17.1 Å². The van der Waals surface area contributed by atoms with Crippen molar-refractivity contribution >= 4 is 17.1 Å². The second-order valence-electron chi connectivity index (χ2n) is 6.53. The van der Waals surface area contributed by atoms with E-state index < -0.39 is 0 Å². The third-order valence-corrected chi connectivity index (χ3v) is 4.70. The summed E-state index contributed by atoms with van der Waals surface area (Å²) in [6, 6.07) is 24.7. The number of aromatic nitrogens is 3. The number of aryl methyl sites for hydroxylation is 2. The minimum Gasteiger partial charge on any atom is -0.172 e. The molecular weight excluding hydrogens is 318 g/mol. The summed E-state index contributed by atoms with van der Waals surface area (Å²) in [6.45, 7) is 4.26. The van der Waals surface area contributed by atoms with Crippen molar-refractivity contribution in [3.8, 4) is 0 Å². The molecule has 0 radical (unpaired) electrons. The van der Waals surface area contributed by atoms with Gasteiger partial charge in [0.15, 0.2) is 0 Å². The van der Waals surface area contributed by atoms with Crippen LogP contribution in [-0.4, -0.2) is 15.0 Å². The number of fused-ring (bicyclic) bond motifs is 1. The molecule has 0 amide bonds. The molecule has 0 bridgehead atoms. The number of allylic oxidation sites excluding steroid dienone is 1. The highest BCUT2D eigenvalue weighted by molar-refractivity contribution is 5.73. The van der Waals surface area contributed by atoms with Crippen LogP contribution >= 0.6 is 0 Å². The Morgan fingerprint density at radius 3 is 1.96 bits per heavy atom. The van der Waals surface area contributed by atoms with E-state index in [0.29, 0.717) is 0 Å². The first kappa shape index (κ1) is 16.3. The van der Waals surface area contributed by atoms with E-state index in [2.05, 4.69) is 74.5 Å². The van der Waals surface area contributed by atoms with E-state index in [0.717, 1.165) is 11.0 Å². The minimum absolute atomic E-state index is 0.0526. The molecule has 0 saturated carbocycles. The molecular formula is C23H21N3. The maximum atomic E-state index is 4.72. The van der Waals surface area contributed by atoms with Gasteiger partial charge in [-0.15, -0.1) is 0 Å². The van der Waals surface area contributed by atoms with E-state index >= 15 is 0 Å². The van der Waals surface area contributed by atoms with Crippen molar-refractivity contribution in [2.75, 3.05) is 0 Å². The van der Waals surface area contributed by atoms with Gasteiger partial charge in [-0.05, 0) is 48.2 Å². The van der Waals surface area contributed by atoms with Gasteiger partial charge in [-0.3, -0.25) is 0 Å². The van der Waals surface area contributed by atoms with Gasteiger partial charge in [0.05, 0.1) is 0 Å². The molecule has 3 heteroatoms. The Hall–Kier alpha value is -3.20. The molecule has 1 unspecified atom stereocenters. The summed E-state index contributed by atoms with van der Waals surface area (Å²) < 4.78 is 0. The Morgan fingerprint density at radius 2 is 1.31 bits per heavy atom. The first-order chi connectivity index (χ1) is 12.7. The Morgan fingerprint density at radius 1 is 0.731 bits per heavy atom. The van der Waals surface area contributed by atoms with Crippen molar-refractivity contribution in [3.63, 3.8) is 0 Å². The SMILES string of the molecule is Cc1ccccc1/C=C/C(c1ccccc1C)n1nc2ccccc2n1. The molecule has 26 heavy (non-hydrogen) atoms. The van der Waals surface area contributed by atoms with Gasteiger partial charge >= 0.3 is 0 Å². The summed E-state index contributed by atoms with van der Waals surface area (Å²) in [7, 11) is 0. The molecule has 3 nitrogen and oxygen atoms in total. The molecule has 0 fully saturated rings. The molecule has 0 N–H and O–H groups in total. The molecule has 0 saturated heterocycles. The highest BCUT2D eigenvalue weighted by Gasteiger charge is 2.16. The first-order valence-electron chi connectivity index (χ1n) is 8.83. The van der Waals surface area contributed by atoms with Crippen molar-refractivity contribution in [3.05, 3.63) is 101 Å². The molecule has 1 heterocycles. The zero-order valence-corrected chi connectivity index (χ0v) is 15.0. The van der Waals surface area contributed by atoms with E-state index in [4.69, 9.17) is 10.2 Å². The normalized spacial score (nSPS) is 12.7. The van der Waals surface area contributed by atoms with E-state index in [1.54, 1.807) is 0 Å². The zero-order chi connectivity index (χ0) is 17.9. The van der Waals surface area contributed by atoms with Crippen LogP contribution in [0.5, 0.6) is 0 Å². The Bertz CT molecular complexity index is 1040. The third-order valence-electron chi connectivity index (χ3n) is 4.70. The summed E-state index contributed by atoms with van der Waals surface area (Å²) in [5.74, 6) is 0. The van der Waals surface area contributed by atoms with Crippen LogP contribution in [0.1, 0.15) is 28.3 Å². The summed E-state index contributed by atoms with van der Waals surface area (Å²) in [5, 5.41) is 9.44. The van der Waals surface area contributed by atoms with Crippen molar-refractivity contribution in [2.24, 2.45) is 0 Å². The number of rotatable bonds is 4. The Balaban J connectivity index is 1.82. The van der Waals surface area contributed by atoms with Crippen molar-refractivity contribution in [1.29, 1.82) is 0 Å². The summed E-state index contributed by atoms with van der Waals surface area (Å²) in [4.78, 5) is 1.82. The fourth-order valence-corrected chi connectivity index (χ4v) is 3.19. The first-order valence-corrected chi connectivity index (χ1v) is 8.83. The second kappa shape index (κ2) is 6.96. The standard InChI is InChI=1S/C23H21N3/c1-17-9-3-5-11-19(17)15-16-23(20-12-6-4-10-18(20)2)26-24-21-13-7-8-14-22(21)25-26/h3-16,23H,1-2H3/b16-15+. The average Bonchev–Trinajstić information content (AvgIpc) is 3.08. The fourth-order valence-electron chi connectivity index (χ4n) is 3.19. The number of hydrogen-bond acceptors (Lipinski definition) is 2. The topological polar surface area (TPSA) is 30.7 Å². The van der Waals surface area contributed by atoms with Crippen LogP contribution in [0.25, 0.3) is 17.1 Å². The van der Waals surface area contributed by atoms with Gasteiger partial charge in [0.25, 0.3) is 0 Å². The minimum atomic E-state index is -0.0526. The van der Waals surface area contributed by atoms with Crippen LogP contribution in [0.4, 0.5) is 0 Å². The van der Waals surface area contributed by atoms with Crippen LogP contribution in [0.2, 0.25) is 0 Å². The highest BCUT2D eigenvalue weighted by atomic mass is 15.5. The quantitative estimate of drug-likeness (QED) is 0.502. The number of benzene rings is 3. The van der Waals surface area contributed by atoms with E-state index in [1.807, 2.05) is 29.1 Å². The molecule has 0 aliphatic rings. The average molecular weight is 339 g/mol. The summed E-state index contributed by atoms with van der Waals surface area (Å²) >= 11 is 0. The molecule has 1 atom stereocenters. The predicted octanol–water partition coefficient (Wildman–Crippen LogP) is 5.35. The monoisotopic (exact) mass is 339 g/mol. The third kappa shape index (κ3) is 3.16. The number of hydrogen-bond donors (Lipinski definition) is 0. The van der Waals surface area contributed by atoms with Gasteiger partial charge in [-0.2, -0.15) is 15.0 Å². The molecule has 0 spiro atoms. The molecule has 128 valence electrons. The largest absolute Gasteiger partial charge is 0.172 e. The summed E-state index contributed by atoms with van der Waals surface area (Å²) in [5.41, 5.74) is 6.73. The highest BCUT2D eigenvalue weighted by Crippen LogP contribution is 2.25. The lowest BCUT2D eigenvalue weighted by atomic mass is 10.00. The van der Waals surface area contributed by atoms with Crippen LogP contribution in [-0.2, 0) is 0 Å². The maximum absolute atomic E-state index is 4.72. The fraction of sp³-hybridized carbons (Fsp3) is 0.130. The van der Waals surface area contributed by atoms with E-state index in [9.17, 15) is 0 Å². The lowest BCUT2D eigenvalue weighted by Gasteiger charge is -2.15. The molecule has 0 aliphatic carbocycles. The van der Waals surface area contributed by atoms with Gasteiger partial charge in [-0.1, -0.05) is 72.8 Å². The maximum Gasteiger partial charge on any atom is 0.115 e. The van der Waals surface area contributed by atoms with Crippen LogP contribution in [0, 0.1) is 13.8 Å². The lowest BCUT2D eigenvalue weighted by molar-refractivity contribution is 0.538. The van der Waals surface area contributed by atoms with Crippen molar-refractivity contribution in [2.45, 2.75) is 19.9 Å². The predicted molar refractivity (Wildman–Crippen MR) is 107 cm³/mol. The second-order valence-corrected chi connectivity index (χ2v) is 6.53. The molecule has 3 aromatic carbocycles. The van der Waals surface area contributed by atoms with Crippen molar-refractivity contribution in [1.82, 2.24) is 15.0 Å².